The van der Waals surface area contributed by atoms with E-state index in [1.54, 1.807) is 0 Å². The van der Waals surface area contributed by atoms with E-state index in [9.17, 15) is 4.79 Å². The van der Waals surface area contributed by atoms with Crippen LogP contribution in [0.5, 0.6) is 0 Å². The van der Waals surface area contributed by atoms with Gasteiger partial charge in [0.2, 0.25) is 5.91 Å². The van der Waals surface area contributed by atoms with E-state index in [0.717, 1.165) is 38.4 Å². The second-order valence-electron chi connectivity index (χ2n) is 5.70. The molecule has 0 radical (unpaired) electrons. The third kappa shape index (κ3) is 6.06. The minimum absolute atomic E-state index is 0. The molecule has 0 unspecified atom stereocenters. The van der Waals surface area contributed by atoms with Crippen LogP contribution >= 0.6 is 12.4 Å². The number of aryl methyl sites for hydroxylation is 1. The minimum Gasteiger partial charge on any atom is -0.343 e. The van der Waals surface area contributed by atoms with E-state index < -0.39 is 0 Å². The molecule has 3 nitrogen and oxygen atoms in total. The van der Waals surface area contributed by atoms with Crippen molar-refractivity contribution in [2.75, 3.05) is 26.7 Å². The molecule has 1 saturated heterocycles. The highest BCUT2D eigenvalue weighted by Gasteiger charge is 2.21. The van der Waals surface area contributed by atoms with Crippen molar-refractivity contribution in [1.29, 1.82) is 0 Å². The highest BCUT2D eigenvalue weighted by Crippen LogP contribution is 2.22. The smallest absolute Gasteiger partial charge is 0.223 e. The van der Waals surface area contributed by atoms with E-state index in [1.165, 1.54) is 18.4 Å². The molecule has 0 atom stereocenters. The van der Waals surface area contributed by atoms with Crippen LogP contribution in [0.15, 0.2) is 30.3 Å². The Balaban J connectivity index is 0.00000220. The molecule has 1 fully saturated rings. The van der Waals surface area contributed by atoms with Gasteiger partial charge in [0.1, 0.15) is 0 Å². The topological polar surface area (TPSA) is 32.3 Å². The summed E-state index contributed by atoms with van der Waals surface area (Å²) in [6.07, 6.45) is 5.38. The summed E-state index contributed by atoms with van der Waals surface area (Å²) in [5.74, 6) is 1.09. The molecule has 0 aromatic heterocycles. The first-order chi connectivity index (χ1) is 9.79. The Morgan fingerprint density at radius 3 is 2.52 bits per heavy atom. The average Bonchev–Trinajstić information content (AvgIpc) is 2.52. The Kier molecular flexibility index (Phi) is 8.40. The molecular formula is C17H27ClN2O. The van der Waals surface area contributed by atoms with Gasteiger partial charge in [0.05, 0.1) is 0 Å². The van der Waals surface area contributed by atoms with Gasteiger partial charge in [-0.1, -0.05) is 30.3 Å². The molecule has 0 aliphatic carbocycles. The van der Waals surface area contributed by atoms with E-state index in [2.05, 4.69) is 35.6 Å². The molecule has 1 N–H and O–H groups in total. The quantitative estimate of drug-likeness (QED) is 0.876. The van der Waals surface area contributed by atoms with Gasteiger partial charge in [-0.2, -0.15) is 0 Å². The molecule has 2 rings (SSSR count). The molecule has 118 valence electrons. The Morgan fingerprint density at radius 2 is 1.90 bits per heavy atom. The molecule has 1 heterocycles. The highest BCUT2D eigenvalue weighted by molar-refractivity contribution is 5.85. The van der Waals surface area contributed by atoms with E-state index in [-0.39, 0.29) is 12.4 Å². The summed E-state index contributed by atoms with van der Waals surface area (Å²) < 4.78 is 0. The fraction of sp³-hybridized carbons (Fsp3) is 0.588. The number of piperidine rings is 1. The van der Waals surface area contributed by atoms with Gasteiger partial charge in [0, 0.05) is 26.1 Å². The molecule has 0 saturated carbocycles. The molecule has 21 heavy (non-hydrogen) atoms. The maximum Gasteiger partial charge on any atom is 0.223 e. The third-order valence-electron chi connectivity index (χ3n) is 4.24. The number of likely N-dealkylation sites (tertiary alicyclic amines) is 1. The lowest BCUT2D eigenvalue weighted by Crippen LogP contribution is -2.39. The lowest BCUT2D eigenvalue weighted by molar-refractivity contribution is -0.132. The highest BCUT2D eigenvalue weighted by atomic mass is 35.5. The number of carbonyl (C=O) groups is 1. The maximum absolute atomic E-state index is 11.9. The summed E-state index contributed by atoms with van der Waals surface area (Å²) in [5, 5.41) is 3.04. The van der Waals surface area contributed by atoms with E-state index in [1.807, 2.05) is 11.9 Å². The summed E-state index contributed by atoms with van der Waals surface area (Å²) in [6, 6.07) is 10.7. The van der Waals surface area contributed by atoms with Crippen molar-refractivity contribution < 1.29 is 4.79 Å². The molecule has 1 aliphatic heterocycles. The fourth-order valence-electron chi connectivity index (χ4n) is 2.88. The van der Waals surface area contributed by atoms with Crippen molar-refractivity contribution >= 4 is 18.3 Å². The summed E-state index contributed by atoms with van der Waals surface area (Å²) in [5.41, 5.74) is 1.43. The predicted molar refractivity (Wildman–Crippen MR) is 89.9 cm³/mol. The standard InChI is InChI=1S/C17H26N2O.ClH/c1-18-12-9-17(20)19-13-10-16(11-14-19)8-7-15-5-3-2-4-6-15;/h2-6,16,18H,7-14H2,1H3;1H. The van der Waals surface area contributed by atoms with Crippen LogP contribution < -0.4 is 5.32 Å². The molecule has 1 amide bonds. The molecule has 1 aromatic rings. The van der Waals surface area contributed by atoms with Crippen LogP contribution in [0.2, 0.25) is 0 Å². The fourth-order valence-corrected chi connectivity index (χ4v) is 2.88. The van der Waals surface area contributed by atoms with Gasteiger partial charge in [-0.3, -0.25) is 4.79 Å². The Labute approximate surface area is 134 Å². The van der Waals surface area contributed by atoms with Crippen molar-refractivity contribution in [1.82, 2.24) is 10.2 Å². The monoisotopic (exact) mass is 310 g/mol. The maximum atomic E-state index is 11.9. The van der Waals surface area contributed by atoms with Crippen molar-refractivity contribution in [3.63, 3.8) is 0 Å². The lowest BCUT2D eigenvalue weighted by atomic mass is 9.90. The molecule has 0 spiro atoms. The molecular weight excluding hydrogens is 284 g/mol. The minimum atomic E-state index is 0. The first-order valence-corrected chi connectivity index (χ1v) is 7.76. The zero-order chi connectivity index (χ0) is 14.2. The number of halogens is 1. The van der Waals surface area contributed by atoms with Gasteiger partial charge >= 0.3 is 0 Å². The Bertz CT molecular complexity index is 403. The van der Waals surface area contributed by atoms with Crippen LogP contribution in [0.1, 0.15) is 31.2 Å². The number of hydrogen-bond acceptors (Lipinski definition) is 2. The third-order valence-corrected chi connectivity index (χ3v) is 4.24. The number of carbonyl (C=O) groups excluding carboxylic acids is 1. The van der Waals surface area contributed by atoms with Gasteiger partial charge in [0.25, 0.3) is 0 Å². The van der Waals surface area contributed by atoms with Crippen LogP contribution in [0.4, 0.5) is 0 Å². The van der Waals surface area contributed by atoms with Crippen molar-refractivity contribution in [2.45, 2.75) is 32.1 Å². The second-order valence-corrected chi connectivity index (χ2v) is 5.70. The van der Waals surface area contributed by atoms with Gasteiger partial charge in [-0.25, -0.2) is 0 Å². The SMILES string of the molecule is CNCCC(=O)N1CCC(CCc2ccccc2)CC1.Cl. The first kappa shape index (κ1) is 18.0. The Hall–Kier alpha value is -1.06. The molecule has 1 aliphatic rings. The average molecular weight is 311 g/mol. The largest absolute Gasteiger partial charge is 0.343 e. The number of hydrogen-bond donors (Lipinski definition) is 1. The van der Waals surface area contributed by atoms with Crippen LogP contribution in [0.25, 0.3) is 0 Å². The summed E-state index contributed by atoms with van der Waals surface area (Å²) in [4.78, 5) is 14.0. The first-order valence-electron chi connectivity index (χ1n) is 7.76. The van der Waals surface area contributed by atoms with Crippen LogP contribution in [0.3, 0.4) is 0 Å². The zero-order valence-electron chi connectivity index (χ0n) is 12.9. The van der Waals surface area contributed by atoms with E-state index >= 15 is 0 Å². The summed E-state index contributed by atoms with van der Waals surface area (Å²) in [7, 11) is 1.89. The van der Waals surface area contributed by atoms with Gasteiger partial charge in [-0.05, 0) is 44.2 Å². The normalized spacial score (nSPS) is 15.6. The van der Waals surface area contributed by atoms with Crippen LogP contribution in [0, 0.1) is 5.92 Å². The van der Waals surface area contributed by atoms with Crippen LogP contribution in [-0.4, -0.2) is 37.5 Å². The summed E-state index contributed by atoms with van der Waals surface area (Å²) in [6.45, 7) is 2.68. The number of nitrogens with one attached hydrogen (secondary N) is 1. The van der Waals surface area contributed by atoms with Crippen molar-refractivity contribution in [2.24, 2.45) is 5.92 Å². The number of amides is 1. The predicted octanol–water partition coefficient (Wildman–Crippen LogP) is 2.89. The van der Waals surface area contributed by atoms with E-state index in [0.29, 0.717) is 12.3 Å². The summed E-state index contributed by atoms with van der Waals surface area (Å²) >= 11 is 0. The molecule has 0 bridgehead atoms. The van der Waals surface area contributed by atoms with Crippen LogP contribution in [-0.2, 0) is 11.2 Å². The Morgan fingerprint density at radius 1 is 1.24 bits per heavy atom. The second kappa shape index (κ2) is 9.80. The van der Waals surface area contributed by atoms with Crippen molar-refractivity contribution in [3.05, 3.63) is 35.9 Å². The van der Waals surface area contributed by atoms with Gasteiger partial charge < -0.3 is 10.2 Å². The van der Waals surface area contributed by atoms with E-state index in [4.69, 9.17) is 0 Å². The number of nitrogens with zero attached hydrogens (tertiary/aromatic N) is 1. The number of rotatable bonds is 6. The van der Waals surface area contributed by atoms with Gasteiger partial charge in [0.15, 0.2) is 0 Å². The van der Waals surface area contributed by atoms with Gasteiger partial charge in [-0.15, -0.1) is 12.4 Å². The molecule has 4 heteroatoms. The molecule has 1 aromatic carbocycles. The zero-order valence-corrected chi connectivity index (χ0v) is 13.7. The lowest BCUT2D eigenvalue weighted by Gasteiger charge is -2.32. The number of benzene rings is 1. The van der Waals surface area contributed by atoms with Crippen molar-refractivity contribution in [3.8, 4) is 0 Å².